The van der Waals surface area contributed by atoms with Crippen LogP contribution in [-0.2, 0) is 11.2 Å². The Hall–Kier alpha value is 0.490. The maximum Gasteiger partial charge on any atom is 0.123 e. The maximum absolute atomic E-state index is 11.1. The summed E-state index contributed by atoms with van der Waals surface area (Å²) in [7, 11) is 3.62. The predicted octanol–water partition coefficient (Wildman–Crippen LogP) is 2.88. The van der Waals surface area contributed by atoms with Crippen LogP contribution in [0.2, 0.25) is 0 Å². The summed E-state index contributed by atoms with van der Waals surface area (Å²) in [6.07, 6.45) is 4.64. The summed E-state index contributed by atoms with van der Waals surface area (Å²) in [6, 6.07) is 0. The van der Waals surface area contributed by atoms with E-state index in [-0.39, 0.29) is 0 Å². The quantitative estimate of drug-likeness (QED) is 0.266. The van der Waals surface area contributed by atoms with Crippen molar-refractivity contribution in [3.8, 4) is 0 Å². The highest BCUT2D eigenvalue weighted by Gasteiger charge is 2.01. The molecule has 0 saturated heterocycles. The molecule has 0 saturated carbocycles. The van der Waals surface area contributed by atoms with Gasteiger partial charge in [-0.25, -0.2) is 0 Å². The zero-order valence-corrected chi connectivity index (χ0v) is 10.2. The Morgan fingerprint density at radius 2 is 2.00 bits per heavy atom. The first-order valence-corrected chi connectivity index (χ1v) is 8.10. The normalized spacial score (nSPS) is 12.4. The molecule has 0 fully saturated rings. The summed E-state index contributed by atoms with van der Waals surface area (Å²) < 4.78 is 11.1. The molecule has 0 aliphatic carbocycles. The maximum atomic E-state index is 11.1. The lowest BCUT2D eigenvalue weighted by Crippen LogP contribution is -2.09. The van der Waals surface area contributed by atoms with Crippen molar-refractivity contribution in [2.45, 2.75) is 6.42 Å². The summed E-state index contributed by atoms with van der Waals surface area (Å²) in [5.74, 6) is 3.49. The molecule has 0 heterocycles. The molecule has 4 heteroatoms. The Morgan fingerprint density at radius 1 is 1.23 bits per heavy atom. The van der Waals surface area contributed by atoms with E-state index in [1.807, 2.05) is 16.9 Å². The Balaban J connectivity index is 3.05. The molecule has 0 radical (unpaired) electrons. The van der Waals surface area contributed by atoms with Gasteiger partial charge in [0.05, 0.1) is 0 Å². The second-order valence-corrected chi connectivity index (χ2v) is 6.60. The van der Waals surface area contributed by atoms with E-state index in [0.717, 1.165) is 23.7 Å². The minimum Gasteiger partial charge on any atom is -0.616 e. The third kappa shape index (κ3) is 10.4. The van der Waals surface area contributed by atoms with E-state index in [4.69, 9.17) is 0 Å². The molecule has 0 spiro atoms. The first kappa shape index (κ1) is 13.5. The van der Waals surface area contributed by atoms with Crippen LogP contribution in [0.4, 0.5) is 0 Å². The van der Waals surface area contributed by atoms with Gasteiger partial charge >= 0.3 is 0 Å². The van der Waals surface area contributed by atoms with E-state index >= 15 is 0 Å². The van der Waals surface area contributed by atoms with E-state index in [1.54, 1.807) is 16.9 Å². The summed E-state index contributed by atoms with van der Waals surface area (Å²) in [6.45, 7) is 7.19. The van der Waals surface area contributed by atoms with Gasteiger partial charge < -0.3 is 4.55 Å². The van der Waals surface area contributed by atoms with Gasteiger partial charge in [-0.3, -0.25) is 0 Å². The summed E-state index contributed by atoms with van der Waals surface area (Å²) >= 11 is -0.688. The van der Waals surface area contributed by atoms with Crippen LogP contribution in [0.5, 0.6) is 0 Å². The van der Waals surface area contributed by atoms with Crippen molar-refractivity contribution in [3.05, 3.63) is 25.3 Å². The van der Waals surface area contributed by atoms with Gasteiger partial charge in [-0.1, -0.05) is 34.2 Å². The van der Waals surface area contributed by atoms with Gasteiger partial charge in [0.1, 0.15) is 11.5 Å². The lowest BCUT2D eigenvalue weighted by atomic mass is 10.6. The van der Waals surface area contributed by atoms with E-state index in [1.165, 1.54) is 0 Å². The summed E-state index contributed by atoms with van der Waals surface area (Å²) in [5, 5.41) is 0. The van der Waals surface area contributed by atoms with Crippen molar-refractivity contribution in [1.82, 2.24) is 0 Å². The molecule has 76 valence electrons. The summed E-state index contributed by atoms with van der Waals surface area (Å²) in [5.41, 5.74) is 0. The molecule has 0 amide bonds. The van der Waals surface area contributed by atoms with E-state index < -0.39 is 11.2 Å². The molecule has 1 atom stereocenters. The standard InChI is InChI=1S/C9H16OS3/c1-3-6-11-12-7-5-9-13(10)8-4-2/h3-4H,1-2,5-9H2. The van der Waals surface area contributed by atoms with Crippen LogP contribution < -0.4 is 0 Å². The summed E-state index contributed by atoms with van der Waals surface area (Å²) in [4.78, 5) is 0. The van der Waals surface area contributed by atoms with Crippen molar-refractivity contribution < 1.29 is 4.55 Å². The zero-order chi connectivity index (χ0) is 9.94. The fraction of sp³-hybridized carbons (Fsp3) is 0.556. The lowest BCUT2D eigenvalue weighted by molar-refractivity contribution is 0.597. The van der Waals surface area contributed by atoms with Gasteiger partial charge in [0.15, 0.2) is 0 Å². The minimum absolute atomic E-state index is 0.629. The van der Waals surface area contributed by atoms with Crippen molar-refractivity contribution in [1.29, 1.82) is 0 Å². The third-order valence-electron chi connectivity index (χ3n) is 1.17. The molecule has 0 aromatic rings. The molecule has 1 unspecified atom stereocenters. The third-order valence-corrected chi connectivity index (χ3v) is 4.93. The highest BCUT2D eigenvalue weighted by Crippen LogP contribution is 2.21. The van der Waals surface area contributed by atoms with E-state index in [0.29, 0.717) is 5.75 Å². The molecule has 0 bridgehead atoms. The Kier molecular flexibility index (Phi) is 11.0. The predicted molar refractivity (Wildman–Crippen MR) is 67.8 cm³/mol. The second kappa shape index (κ2) is 10.6. The molecule has 0 rings (SSSR count). The average molecular weight is 236 g/mol. The van der Waals surface area contributed by atoms with Gasteiger partial charge in [0.25, 0.3) is 0 Å². The molecule has 1 nitrogen and oxygen atoms in total. The second-order valence-electron chi connectivity index (χ2n) is 2.35. The largest absolute Gasteiger partial charge is 0.616 e. The van der Waals surface area contributed by atoms with Gasteiger partial charge in [-0.05, 0) is 17.3 Å². The molecule has 0 aliphatic heterocycles. The fourth-order valence-electron chi connectivity index (χ4n) is 0.649. The van der Waals surface area contributed by atoms with E-state index in [9.17, 15) is 4.55 Å². The molecule has 0 aromatic heterocycles. The topological polar surface area (TPSA) is 23.1 Å². The van der Waals surface area contributed by atoms with Gasteiger partial charge in [-0.2, -0.15) is 0 Å². The van der Waals surface area contributed by atoms with Gasteiger partial charge in [0.2, 0.25) is 0 Å². The van der Waals surface area contributed by atoms with Crippen LogP contribution in [0.15, 0.2) is 25.3 Å². The fourth-order valence-corrected chi connectivity index (χ4v) is 3.58. The Morgan fingerprint density at radius 3 is 2.62 bits per heavy atom. The molecule has 0 aromatic carbocycles. The minimum atomic E-state index is -0.688. The van der Waals surface area contributed by atoms with Gasteiger partial charge in [-0.15, -0.1) is 6.58 Å². The first-order valence-electron chi connectivity index (χ1n) is 4.12. The lowest BCUT2D eigenvalue weighted by Gasteiger charge is -2.07. The van der Waals surface area contributed by atoms with Crippen LogP contribution >= 0.6 is 21.6 Å². The van der Waals surface area contributed by atoms with Crippen molar-refractivity contribution in [2.24, 2.45) is 0 Å². The molecular weight excluding hydrogens is 220 g/mol. The van der Waals surface area contributed by atoms with Crippen LogP contribution in [0.3, 0.4) is 0 Å². The highest BCUT2D eigenvalue weighted by molar-refractivity contribution is 8.76. The highest BCUT2D eigenvalue weighted by atomic mass is 33.1. The number of hydrogen-bond donors (Lipinski definition) is 0. The monoisotopic (exact) mass is 236 g/mol. The molecule has 0 aliphatic rings. The smallest absolute Gasteiger partial charge is 0.123 e. The average Bonchev–Trinajstić information content (AvgIpc) is 2.11. The Bertz CT molecular complexity index is 139. The van der Waals surface area contributed by atoms with Crippen LogP contribution in [-0.4, -0.2) is 27.6 Å². The van der Waals surface area contributed by atoms with E-state index in [2.05, 4.69) is 13.2 Å². The van der Waals surface area contributed by atoms with Crippen LogP contribution in [0.25, 0.3) is 0 Å². The SMILES string of the molecule is C=CCSSCCC[S+]([O-])CC=C. The molecular formula is C9H16OS3. The number of rotatable bonds is 9. The van der Waals surface area contributed by atoms with Crippen LogP contribution in [0, 0.1) is 0 Å². The zero-order valence-electron chi connectivity index (χ0n) is 7.74. The van der Waals surface area contributed by atoms with Crippen molar-refractivity contribution >= 4 is 32.8 Å². The van der Waals surface area contributed by atoms with Crippen LogP contribution in [0.1, 0.15) is 6.42 Å². The number of hydrogen-bond acceptors (Lipinski definition) is 3. The Labute approximate surface area is 92.0 Å². The van der Waals surface area contributed by atoms with Crippen molar-refractivity contribution in [3.63, 3.8) is 0 Å². The van der Waals surface area contributed by atoms with Crippen molar-refractivity contribution in [2.75, 3.05) is 23.0 Å². The first-order chi connectivity index (χ1) is 6.31. The molecule has 13 heavy (non-hydrogen) atoms. The molecule has 0 N–H and O–H groups in total. The van der Waals surface area contributed by atoms with Gasteiger partial charge in [0, 0.05) is 17.9 Å².